The van der Waals surface area contributed by atoms with E-state index >= 15 is 0 Å². The highest BCUT2D eigenvalue weighted by molar-refractivity contribution is 5.77. The molecular formula is C17H27N3O. The van der Waals surface area contributed by atoms with E-state index in [1.54, 1.807) is 0 Å². The lowest BCUT2D eigenvalue weighted by molar-refractivity contribution is -0.122. The van der Waals surface area contributed by atoms with Crippen LogP contribution in [0.3, 0.4) is 0 Å². The van der Waals surface area contributed by atoms with E-state index in [1.807, 2.05) is 0 Å². The van der Waals surface area contributed by atoms with Crippen LogP contribution in [0.25, 0.3) is 0 Å². The molecule has 1 aliphatic rings. The lowest BCUT2D eigenvalue weighted by Crippen LogP contribution is -2.41. The van der Waals surface area contributed by atoms with Gasteiger partial charge in [0, 0.05) is 24.8 Å². The van der Waals surface area contributed by atoms with Crippen LogP contribution in [-0.4, -0.2) is 25.5 Å². The Morgan fingerprint density at radius 3 is 2.86 bits per heavy atom. The molecule has 1 aliphatic heterocycles. The molecule has 1 aromatic carbocycles. The van der Waals surface area contributed by atoms with Gasteiger partial charge in [0.25, 0.3) is 0 Å². The van der Waals surface area contributed by atoms with Crippen molar-refractivity contribution in [2.45, 2.75) is 39.2 Å². The van der Waals surface area contributed by atoms with Gasteiger partial charge in [-0.3, -0.25) is 4.79 Å². The van der Waals surface area contributed by atoms with Crippen molar-refractivity contribution in [3.63, 3.8) is 0 Å². The predicted molar refractivity (Wildman–Crippen MR) is 87.3 cm³/mol. The number of nitrogens with one attached hydrogen (secondary N) is 1. The van der Waals surface area contributed by atoms with Gasteiger partial charge in [0.15, 0.2) is 0 Å². The fourth-order valence-electron chi connectivity index (χ4n) is 3.22. The largest absolute Gasteiger partial charge is 0.370 e. The lowest BCUT2D eigenvalue weighted by Gasteiger charge is -2.35. The molecule has 0 aromatic heterocycles. The third kappa shape index (κ3) is 3.76. The van der Waals surface area contributed by atoms with Gasteiger partial charge in [-0.1, -0.05) is 32.0 Å². The van der Waals surface area contributed by atoms with E-state index in [1.165, 1.54) is 11.3 Å². The molecule has 1 heterocycles. The van der Waals surface area contributed by atoms with Crippen LogP contribution in [0.1, 0.15) is 44.7 Å². The summed E-state index contributed by atoms with van der Waals surface area (Å²) in [5.74, 6) is -0.193. The van der Waals surface area contributed by atoms with Crippen LogP contribution in [-0.2, 0) is 4.79 Å². The summed E-state index contributed by atoms with van der Waals surface area (Å²) in [6, 6.07) is 8.89. The molecule has 1 saturated heterocycles. The maximum absolute atomic E-state index is 11.5. The minimum atomic E-state index is -0.170. The first-order valence-electron chi connectivity index (χ1n) is 8.03. The maximum Gasteiger partial charge on any atom is 0.222 e. The monoisotopic (exact) mass is 289 g/mol. The number of piperidine rings is 1. The van der Waals surface area contributed by atoms with E-state index in [4.69, 9.17) is 5.73 Å². The Kier molecular flexibility index (Phi) is 5.62. The van der Waals surface area contributed by atoms with Gasteiger partial charge in [-0.25, -0.2) is 0 Å². The number of rotatable bonds is 6. The van der Waals surface area contributed by atoms with Gasteiger partial charge in [0.05, 0.1) is 5.92 Å². The smallest absolute Gasteiger partial charge is 0.222 e. The summed E-state index contributed by atoms with van der Waals surface area (Å²) in [5.41, 5.74) is 8.07. The molecule has 2 atom stereocenters. The van der Waals surface area contributed by atoms with Crippen LogP contribution in [0, 0.1) is 5.92 Å². The second kappa shape index (κ2) is 7.46. The van der Waals surface area contributed by atoms with Gasteiger partial charge in [-0.15, -0.1) is 0 Å². The first kappa shape index (κ1) is 15.8. The Morgan fingerprint density at radius 1 is 1.43 bits per heavy atom. The Hall–Kier alpha value is -1.55. The summed E-state index contributed by atoms with van der Waals surface area (Å²) in [5, 5.41) is 3.54. The van der Waals surface area contributed by atoms with Crippen molar-refractivity contribution in [2.75, 3.05) is 24.5 Å². The quantitative estimate of drug-likeness (QED) is 0.845. The molecule has 4 heteroatoms. The van der Waals surface area contributed by atoms with Crippen molar-refractivity contribution in [1.82, 2.24) is 5.32 Å². The van der Waals surface area contributed by atoms with Gasteiger partial charge in [0.1, 0.15) is 0 Å². The summed E-state index contributed by atoms with van der Waals surface area (Å²) in [6.45, 7) is 7.04. The second-order valence-electron chi connectivity index (χ2n) is 5.76. The molecule has 0 radical (unpaired) electrons. The van der Waals surface area contributed by atoms with Gasteiger partial charge in [0.2, 0.25) is 5.91 Å². The summed E-state index contributed by atoms with van der Waals surface area (Å²) >= 11 is 0. The van der Waals surface area contributed by atoms with E-state index in [2.05, 4.69) is 48.3 Å². The molecule has 2 unspecified atom stereocenters. The van der Waals surface area contributed by atoms with Gasteiger partial charge in [-0.05, 0) is 37.4 Å². The van der Waals surface area contributed by atoms with E-state index in [-0.39, 0.29) is 11.8 Å². The zero-order valence-electron chi connectivity index (χ0n) is 13.1. The van der Waals surface area contributed by atoms with Gasteiger partial charge >= 0.3 is 0 Å². The summed E-state index contributed by atoms with van der Waals surface area (Å²) in [4.78, 5) is 13.8. The van der Waals surface area contributed by atoms with E-state index < -0.39 is 0 Å². The number of primary amides is 1. The Labute approximate surface area is 127 Å². The number of benzene rings is 1. The summed E-state index contributed by atoms with van der Waals surface area (Å²) < 4.78 is 0. The maximum atomic E-state index is 11.5. The minimum absolute atomic E-state index is 0.0222. The fraction of sp³-hybridized carbons (Fsp3) is 0.588. The first-order chi connectivity index (χ1) is 10.2. The highest BCUT2D eigenvalue weighted by Crippen LogP contribution is 2.31. The average molecular weight is 289 g/mol. The van der Waals surface area contributed by atoms with Crippen molar-refractivity contribution in [2.24, 2.45) is 11.7 Å². The minimum Gasteiger partial charge on any atom is -0.370 e. The van der Waals surface area contributed by atoms with E-state index in [9.17, 15) is 4.79 Å². The number of hydrogen-bond acceptors (Lipinski definition) is 3. The number of anilines is 1. The fourth-order valence-corrected chi connectivity index (χ4v) is 3.22. The van der Waals surface area contributed by atoms with Crippen LogP contribution in [0.4, 0.5) is 5.69 Å². The molecule has 1 amide bonds. The number of nitrogens with two attached hydrogens (primary N) is 1. The molecule has 4 nitrogen and oxygen atoms in total. The molecule has 21 heavy (non-hydrogen) atoms. The van der Waals surface area contributed by atoms with Crippen molar-refractivity contribution >= 4 is 11.6 Å². The van der Waals surface area contributed by atoms with Crippen molar-refractivity contribution in [1.29, 1.82) is 0 Å². The number of carbonyl (C=O) groups excluding carboxylic acids is 1. The van der Waals surface area contributed by atoms with Crippen LogP contribution in [0.5, 0.6) is 0 Å². The normalized spacial score (nSPS) is 20.3. The third-order valence-electron chi connectivity index (χ3n) is 4.34. The highest BCUT2D eigenvalue weighted by atomic mass is 16.1. The Bertz CT molecular complexity index is 475. The predicted octanol–water partition coefficient (Wildman–Crippen LogP) is 2.45. The summed E-state index contributed by atoms with van der Waals surface area (Å²) in [6.07, 6.45) is 3.00. The molecule has 1 fully saturated rings. The van der Waals surface area contributed by atoms with Crippen molar-refractivity contribution in [3.8, 4) is 0 Å². The van der Waals surface area contributed by atoms with Crippen molar-refractivity contribution in [3.05, 3.63) is 29.8 Å². The Balaban J connectivity index is 2.24. The van der Waals surface area contributed by atoms with E-state index in [0.29, 0.717) is 6.04 Å². The van der Waals surface area contributed by atoms with Crippen LogP contribution < -0.4 is 16.0 Å². The summed E-state index contributed by atoms with van der Waals surface area (Å²) in [7, 11) is 0. The lowest BCUT2D eigenvalue weighted by atomic mass is 9.95. The number of amides is 1. The number of nitrogens with zero attached hydrogens (tertiary/aromatic N) is 1. The van der Waals surface area contributed by atoms with Crippen LogP contribution >= 0.6 is 0 Å². The average Bonchev–Trinajstić information content (AvgIpc) is 2.53. The number of carbonyl (C=O) groups is 1. The zero-order valence-corrected chi connectivity index (χ0v) is 13.1. The Morgan fingerprint density at radius 2 is 2.19 bits per heavy atom. The molecule has 3 N–H and O–H groups in total. The molecule has 0 saturated carbocycles. The first-order valence-corrected chi connectivity index (χ1v) is 8.03. The SMILES string of the molecule is CCNC(CC)c1ccccc1N1CCCC(C(N)=O)C1. The van der Waals surface area contributed by atoms with Gasteiger partial charge < -0.3 is 16.0 Å². The number of hydrogen-bond donors (Lipinski definition) is 2. The van der Waals surface area contributed by atoms with Crippen LogP contribution in [0.2, 0.25) is 0 Å². The third-order valence-corrected chi connectivity index (χ3v) is 4.34. The topological polar surface area (TPSA) is 58.4 Å². The molecule has 0 bridgehead atoms. The van der Waals surface area contributed by atoms with Crippen molar-refractivity contribution < 1.29 is 4.79 Å². The highest BCUT2D eigenvalue weighted by Gasteiger charge is 2.26. The molecular weight excluding hydrogens is 262 g/mol. The standard InChI is InChI=1S/C17H27N3O/c1-3-15(19-4-2)14-9-5-6-10-16(14)20-11-7-8-13(12-20)17(18)21/h5-6,9-10,13,15,19H,3-4,7-8,11-12H2,1-2H3,(H2,18,21). The second-order valence-corrected chi connectivity index (χ2v) is 5.76. The molecule has 2 rings (SSSR count). The van der Waals surface area contributed by atoms with Gasteiger partial charge in [-0.2, -0.15) is 0 Å². The van der Waals surface area contributed by atoms with Crippen LogP contribution in [0.15, 0.2) is 24.3 Å². The molecule has 0 spiro atoms. The molecule has 0 aliphatic carbocycles. The molecule has 116 valence electrons. The zero-order chi connectivity index (χ0) is 15.2. The molecule has 1 aromatic rings. The number of para-hydroxylation sites is 1. The van der Waals surface area contributed by atoms with E-state index in [0.717, 1.165) is 38.9 Å².